The average Bonchev–Trinajstić information content (AvgIpc) is 3.18. The van der Waals surface area contributed by atoms with Crippen molar-refractivity contribution in [3.8, 4) is 5.75 Å². The summed E-state index contributed by atoms with van der Waals surface area (Å²) in [5, 5.41) is 10.0. The number of ether oxygens (including phenoxy) is 3. The molecule has 1 aromatic heterocycles. The fourth-order valence-corrected chi connectivity index (χ4v) is 4.01. The van der Waals surface area contributed by atoms with E-state index in [-0.39, 0.29) is 6.10 Å². The molecule has 2 atom stereocenters. The second-order valence-electron chi connectivity index (χ2n) is 6.76. The smallest absolute Gasteiger partial charge is 0.136 e. The van der Waals surface area contributed by atoms with Gasteiger partial charge >= 0.3 is 0 Å². The Morgan fingerprint density at radius 1 is 1.46 bits per heavy atom. The number of hydrogen-bond donors (Lipinski definition) is 1. The highest BCUT2D eigenvalue weighted by Gasteiger charge is 2.44. The zero-order chi connectivity index (χ0) is 16.6. The van der Waals surface area contributed by atoms with E-state index in [2.05, 4.69) is 9.88 Å². The van der Waals surface area contributed by atoms with Crippen molar-refractivity contribution in [2.45, 2.75) is 31.0 Å². The van der Waals surface area contributed by atoms with Crippen molar-refractivity contribution in [3.05, 3.63) is 22.5 Å². The fourth-order valence-electron chi connectivity index (χ4n) is 3.83. The Morgan fingerprint density at radius 3 is 3.12 bits per heavy atom. The van der Waals surface area contributed by atoms with E-state index in [9.17, 15) is 5.11 Å². The molecule has 0 bridgehead atoms. The topological polar surface area (TPSA) is 64.1 Å². The Kier molecular flexibility index (Phi) is 4.66. The predicted octanol–water partition coefficient (Wildman–Crippen LogP) is 1.37. The van der Waals surface area contributed by atoms with Gasteiger partial charge in [0, 0.05) is 50.7 Å². The maximum Gasteiger partial charge on any atom is 0.136 e. The molecule has 1 aromatic rings. The lowest BCUT2D eigenvalue weighted by molar-refractivity contribution is -0.0670. The number of rotatable bonds is 4. The minimum Gasteiger partial charge on any atom is -0.492 e. The van der Waals surface area contributed by atoms with E-state index >= 15 is 0 Å². The minimum atomic E-state index is -0.463. The number of β-amino-alcohol motifs (C(OH)–C–C–N with tert-alkyl or cyclic N) is 1. The molecule has 6 nitrogen and oxygen atoms in total. The van der Waals surface area contributed by atoms with E-state index in [1.165, 1.54) is 0 Å². The number of nitrogens with zero attached hydrogens (tertiary/aromatic N) is 2. The first-order valence-electron chi connectivity index (χ1n) is 8.61. The quantitative estimate of drug-likeness (QED) is 0.824. The first-order chi connectivity index (χ1) is 11.7. The van der Waals surface area contributed by atoms with Gasteiger partial charge in [-0.2, -0.15) is 0 Å². The van der Waals surface area contributed by atoms with Crippen molar-refractivity contribution in [2.75, 3.05) is 46.1 Å². The number of likely N-dealkylation sites (tertiary alicyclic amines) is 1. The van der Waals surface area contributed by atoms with Gasteiger partial charge < -0.3 is 19.3 Å². The number of pyridine rings is 1. The Morgan fingerprint density at radius 2 is 2.38 bits per heavy atom. The molecule has 7 heteroatoms. The van der Waals surface area contributed by atoms with Crippen LogP contribution in [0.3, 0.4) is 0 Å². The van der Waals surface area contributed by atoms with E-state index in [1.54, 1.807) is 6.07 Å². The molecule has 3 aliphatic heterocycles. The Labute approximate surface area is 146 Å². The normalized spacial score (nSPS) is 30.0. The van der Waals surface area contributed by atoms with E-state index in [0.29, 0.717) is 31.6 Å². The lowest BCUT2D eigenvalue weighted by atomic mass is 9.90. The van der Waals surface area contributed by atoms with Crippen LogP contribution in [0.4, 0.5) is 0 Å². The highest BCUT2D eigenvalue weighted by atomic mass is 35.5. The van der Waals surface area contributed by atoms with Crippen LogP contribution in [-0.4, -0.2) is 67.2 Å². The third-order valence-corrected chi connectivity index (χ3v) is 5.31. The Bertz CT molecular complexity index is 606. The molecular weight excluding hydrogens is 332 g/mol. The maximum absolute atomic E-state index is 9.59. The Hall–Kier alpha value is -0.920. The number of aromatic nitrogens is 1. The number of aliphatic hydroxyl groups is 1. The molecule has 2 saturated heterocycles. The summed E-state index contributed by atoms with van der Waals surface area (Å²) in [6.07, 6.45) is 2.22. The van der Waals surface area contributed by atoms with Gasteiger partial charge in [0.05, 0.1) is 25.0 Å². The number of fused-ring (bicyclic) bond motifs is 2. The molecule has 0 aliphatic carbocycles. The summed E-state index contributed by atoms with van der Waals surface area (Å²) >= 11 is 6.24. The zero-order valence-corrected chi connectivity index (χ0v) is 14.4. The third kappa shape index (κ3) is 3.13. The van der Waals surface area contributed by atoms with E-state index in [1.807, 2.05) is 0 Å². The molecule has 0 amide bonds. The molecule has 3 aliphatic rings. The zero-order valence-electron chi connectivity index (χ0n) is 13.7. The van der Waals surface area contributed by atoms with Crippen LogP contribution in [0.2, 0.25) is 5.15 Å². The van der Waals surface area contributed by atoms with Crippen LogP contribution >= 0.6 is 11.6 Å². The SMILES string of the molecule is O[C@@H]1CCN(CCOc2cc(Cl)nc3c2CCOC32CCOC2)C1. The van der Waals surface area contributed by atoms with Crippen LogP contribution in [0, 0.1) is 0 Å². The standard InChI is InChI=1S/C17H23ClN2O4/c18-15-9-14(23-8-5-20-4-1-12(21)10-20)13-2-6-24-17(16(13)19-15)3-7-22-11-17/h9,12,21H,1-8,10-11H2/t12-,17?/m1/s1. The number of hydrogen-bond acceptors (Lipinski definition) is 6. The van der Waals surface area contributed by atoms with Crippen molar-refractivity contribution in [2.24, 2.45) is 0 Å². The van der Waals surface area contributed by atoms with Crippen molar-refractivity contribution >= 4 is 11.6 Å². The number of halogens is 1. The summed E-state index contributed by atoms with van der Waals surface area (Å²) in [5.74, 6) is 0.805. The summed E-state index contributed by atoms with van der Waals surface area (Å²) < 4.78 is 17.6. The summed E-state index contributed by atoms with van der Waals surface area (Å²) in [5.41, 5.74) is 1.51. The number of aliphatic hydroxyl groups excluding tert-OH is 1. The van der Waals surface area contributed by atoms with Gasteiger partial charge in [0.2, 0.25) is 0 Å². The molecule has 24 heavy (non-hydrogen) atoms. The molecule has 1 spiro atoms. The van der Waals surface area contributed by atoms with Gasteiger partial charge in [-0.15, -0.1) is 0 Å². The minimum absolute atomic E-state index is 0.201. The second kappa shape index (κ2) is 6.77. The average molecular weight is 355 g/mol. The van der Waals surface area contributed by atoms with Crippen molar-refractivity contribution in [1.82, 2.24) is 9.88 Å². The van der Waals surface area contributed by atoms with Gasteiger partial charge in [-0.25, -0.2) is 4.98 Å². The van der Waals surface area contributed by atoms with Crippen molar-refractivity contribution < 1.29 is 19.3 Å². The maximum atomic E-state index is 9.59. The van der Waals surface area contributed by atoms with Gasteiger partial charge in [-0.3, -0.25) is 4.90 Å². The van der Waals surface area contributed by atoms with Crippen molar-refractivity contribution in [1.29, 1.82) is 0 Å². The summed E-state index contributed by atoms with van der Waals surface area (Å²) in [7, 11) is 0. The monoisotopic (exact) mass is 354 g/mol. The third-order valence-electron chi connectivity index (χ3n) is 5.11. The van der Waals surface area contributed by atoms with Crippen LogP contribution in [0.1, 0.15) is 24.1 Å². The van der Waals surface area contributed by atoms with E-state index < -0.39 is 5.60 Å². The molecule has 1 unspecified atom stereocenters. The molecular formula is C17H23ClN2O4. The van der Waals surface area contributed by atoms with E-state index in [4.69, 9.17) is 25.8 Å². The fraction of sp³-hybridized carbons (Fsp3) is 0.706. The van der Waals surface area contributed by atoms with Crippen LogP contribution < -0.4 is 4.74 Å². The highest BCUT2D eigenvalue weighted by molar-refractivity contribution is 6.29. The molecule has 4 heterocycles. The predicted molar refractivity (Wildman–Crippen MR) is 88.6 cm³/mol. The summed E-state index contributed by atoms with van der Waals surface area (Å²) in [4.78, 5) is 6.76. The molecule has 0 radical (unpaired) electrons. The van der Waals surface area contributed by atoms with E-state index in [0.717, 1.165) is 55.9 Å². The molecule has 0 saturated carbocycles. The molecule has 0 aromatic carbocycles. The van der Waals surface area contributed by atoms with Gasteiger partial charge in [-0.1, -0.05) is 11.6 Å². The molecule has 1 N–H and O–H groups in total. The summed E-state index contributed by atoms with van der Waals surface area (Å²) in [6.45, 7) is 4.88. The van der Waals surface area contributed by atoms with Crippen LogP contribution in [0.25, 0.3) is 0 Å². The largest absolute Gasteiger partial charge is 0.492 e. The van der Waals surface area contributed by atoms with Gasteiger partial charge in [0.25, 0.3) is 0 Å². The Balaban J connectivity index is 1.50. The summed E-state index contributed by atoms with van der Waals surface area (Å²) in [6, 6.07) is 1.80. The lowest BCUT2D eigenvalue weighted by Crippen LogP contribution is -2.37. The van der Waals surface area contributed by atoms with Crippen LogP contribution in [-0.2, 0) is 21.5 Å². The van der Waals surface area contributed by atoms with Crippen molar-refractivity contribution in [3.63, 3.8) is 0 Å². The second-order valence-corrected chi connectivity index (χ2v) is 7.14. The molecule has 4 rings (SSSR count). The highest BCUT2D eigenvalue weighted by Crippen LogP contribution is 2.42. The lowest BCUT2D eigenvalue weighted by Gasteiger charge is -2.34. The molecule has 132 valence electrons. The van der Waals surface area contributed by atoms with Gasteiger partial charge in [-0.05, 0) is 6.42 Å². The first-order valence-corrected chi connectivity index (χ1v) is 8.99. The van der Waals surface area contributed by atoms with Crippen LogP contribution in [0.15, 0.2) is 6.07 Å². The first kappa shape index (κ1) is 16.5. The molecule has 2 fully saturated rings. The van der Waals surface area contributed by atoms with Gasteiger partial charge in [0.1, 0.15) is 23.1 Å². The van der Waals surface area contributed by atoms with Gasteiger partial charge in [0.15, 0.2) is 0 Å². The van der Waals surface area contributed by atoms with Crippen LogP contribution in [0.5, 0.6) is 5.75 Å².